The summed E-state index contributed by atoms with van der Waals surface area (Å²) in [7, 11) is 0. The first kappa shape index (κ1) is 23.0. The Morgan fingerprint density at radius 1 is 1.21 bits per heavy atom. The van der Waals surface area contributed by atoms with Crippen LogP contribution >= 0.6 is 11.6 Å². The quantitative estimate of drug-likeness (QED) is 0.736. The third-order valence-electron chi connectivity index (χ3n) is 4.52. The molecule has 29 heavy (non-hydrogen) atoms. The fourth-order valence-electron chi connectivity index (χ4n) is 3.12. The monoisotopic (exact) mass is 423 g/mol. The van der Waals surface area contributed by atoms with Crippen LogP contribution in [0.3, 0.4) is 0 Å². The van der Waals surface area contributed by atoms with E-state index < -0.39 is 11.7 Å². The number of aryl methyl sites for hydroxylation is 1. The van der Waals surface area contributed by atoms with Crippen LogP contribution in [0.25, 0.3) is 0 Å². The maximum absolute atomic E-state index is 12.4. The third-order valence-corrected chi connectivity index (χ3v) is 4.76. The van der Waals surface area contributed by atoms with Crippen LogP contribution in [0, 0.1) is 0 Å². The molecule has 0 aliphatic carbocycles. The van der Waals surface area contributed by atoms with Crippen molar-refractivity contribution < 1.29 is 19.1 Å². The molecule has 0 aromatic heterocycles. The molecule has 1 saturated heterocycles. The van der Waals surface area contributed by atoms with Crippen molar-refractivity contribution in [1.29, 1.82) is 0 Å². The van der Waals surface area contributed by atoms with Gasteiger partial charge in [0.05, 0.1) is 0 Å². The van der Waals surface area contributed by atoms with Gasteiger partial charge in [0.1, 0.15) is 12.1 Å². The van der Waals surface area contributed by atoms with E-state index in [1.54, 1.807) is 20.8 Å². The number of alkyl carbamates (subject to hydrolysis) is 1. The molecule has 0 spiro atoms. The molecule has 0 bridgehead atoms. The summed E-state index contributed by atoms with van der Waals surface area (Å²) >= 11 is 5.97. The lowest BCUT2D eigenvalue weighted by atomic mass is 10.0. The molecule has 1 fully saturated rings. The summed E-state index contributed by atoms with van der Waals surface area (Å²) in [5, 5.41) is 6.02. The predicted molar refractivity (Wildman–Crippen MR) is 112 cm³/mol. The van der Waals surface area contributed by atoms with Crippen molar-refractivity contribution in [3.8, 4) is 0 Å². The number of amides is 3. The average molecular weight is 424 g/mol. The Morgan fingerprint density at radius 3 is 2.52 bits per heavy atom. The minimum Gasteiger partial charge on any atom is -0.444 e. The SMILES string of the molecule is CC(C)(C)OC(=O)NCC(=O)NC1CCN(C(=O)CCc2cccc(Cl)c2)CC1. The van der Waals surface area contributed by atoms with E-state index in [4.69, 9.17) is 16.3 Å². The normalized spacial score (nSPS) is 15.0. The second-order valence-corrected chi connectivity index (χ2v) is 8.64. The van der Waals surface area contributed by atoms with Gasteiger partial charge in [-0.15, -0.1) is 0 Å². The standard InChI is InChI=1S/C21H30ClN3O4/c1-21(2,3)29-20(28)23-14-18(26)24-17-9-11-25(12-10-17)19(27)8-7-15-5-4-6-16(22)13-15/h4-6,13,17H,7-12,14H2,1-3H3,(H,23,28)(H,24,26). The minimum atomic E-state index is -0.618. The second-order valence-electron chi connectivity index (χ2n) is 8.21. The number of benzene rings is 1. The third kappa shape index (κ3) is 8.73. The zero-order chi connectivity index (χ0) is 21.4. The van der Waals surface area contributed by atoms with E-state index in [1.165, 1.54) is 0 Å². The molecule has 1 heterocycles. The van der Waals surface area contributed by atoms with Crippen molar-refractivity contribution in [1.82, 2.24) is 15.5 Å². The topological polar surface area (TPSA) is 87.7 Å². The van der Waals surface area contributed by atoms with Crippen LogP contribution in [0.4, 0.5) is 4.79 Å². The van der Waals surface area contributed by atoms with Gasteiger partial charge in [-0.1, -0.05) is 23.7 Å². The maximum atomic E-state index is 12.4. The number of halogens is 1. The molecule has 0 atom stereocenters. The first-order valence-corrected chi connectivity index (χ1v) is 10.3. The zero-order valence-electron chi connectivity index (χ0n) is 17.3. The van der Waals surface area contributed by atoms with E-state index in [2.05, 4.69) is 10.6 Å². The molecule has 2 N–H and O–H groups in total. The summed E-state index contributed by atoms with van der Waals surface area (Å²) < 4.78 is 5.10. The van der Waals surface area contributed by atoms with Crippen LogP contribution in [-0.2, 0) is 20.7 Å². The largest absolute Gasteiger partial charge is 0.444 e. The zero-order valence-corrected chi connectivity index (χ0v) is 18.1. The minimum absolute atomic E-state index is 0.0000773. The van der Waals surface area contributed by atoms with Crippen LogP contribution in [0.2, 0.25) is 5.02 Å². The van der Waals surface area contributed by atoms with E-state index in [0.717, 1.165) is 5.56 Å². The summed E-state index contributed by atoms with van der Waals surface area (Å²) in [6.07, 6.45) is 1.87. The first-order valence-electron chi connectivity index (χ1n) is 9.91. The molecule has 0 unspecified atom stereocenters. The Kier molecular flexibility index (Phi) is 8.32. The van der Waals surface area contributed by atoms with Crippen molar-refractivity contribution in [2.75, 3.05) is 19.6 Å². The fraction of sp³-hybridized carbons (Fsp3) is 0.571. The van der Waals surface area contributed by atoms with Crippen molar-refractivity contribution in [3.05, 3.63) is 34.9 Å². The molecule has 0 radical (unpaired) electrons. The fourth-order valence-corrected chi connectivity index (χ4v) is 3.33. The summed E-state index contributed by atoms with van der Waals surface area (Å²) in [5.74, 6) is -0.150. The molecule has 1 aromatic rings. The molecule has 1 aromatic carbocycles. The van der Waals surface area contributed by atoms with Gasteiger partial charge in [0.15, 0.2) is 0 Å². The van der Waals surface area contributed by atoms with Gasteiger partial charge < -0.3 is 20.3 Å². The molecule has 3 amide bonds. The summed E-state index contributed by atoms with van der Waals surface area (Å²) in [6.45, 7) is 6.37. The van der Waals surface area contributed by atoms with E-state index in [0.29, 0.717) is 43.8 Å². The van der Waals surface area contributed by atoms with Crippen LogP contribution in [0.5, 0.6) is 0 Å². The highest BCUT2D eigenvalue weighted by atomic mass is 35.5. The summed E-state index contributed by atoms with van der Waals surface area (Å²) in [6, 6.07) is 7.54. The number of carbonyl (C=O) groups is 3. The van der Waals surface area contributed by atoms with Gasteiger partial charge in [0.25, 0.3) is 0 Å². The number of ether oxygens (including phenoxy) is 1. The van der Waals surface area contributed by atoms with E-state index in [9.17, 15) is 14.4 Å². The Hall–Kier alpha value is -2.28. The van der Waals surface area contributed by atoms with Gasteiger partial charge in [-0.05, 0) is 57.7 Å². The number of hydrogen-bond acceptors (Lipinski definition) is 4. The lowest BCUT2D eigenvalue weighted by Crippen LogP contribution is -2.49. The predicted octanol–water partition coefficient (Wildman–Crippen LogP) is 2.90. The Bertz CT molecular complexity index is 725. The van der Waals surface area contributed by atoms with E-state index >= 15 is 0 Å². The number of rotatable bonds is 6. The van der Waals surface area contributed by atoms with Crippen LogP contribution in [0.15, 0.2) is 24.3 Å². The maximum Gasteiger partial charge on any atom is 0.408 e. The molecular weight excluding hydrogens is 394 g/mol. The number of hydrogen-bond donors (Lipinski definition) is 2. The van der Waals surface area contributed by atoms with Gasteiger partial charge in [-0.2, -0.15) is 0 Å². The van der Waals surface area contributed by atoms with Crippen LogP contribution in [0.1, 0.15) is 45.6 Å². The van der Waals surface area contributed by atoms with Crippen LogP contribution < -0.4 is 10.6 Å². The molecule has 2 rings (SSSR count). The molecule has 1 aliphatic heterocycles. The van der Waals surface area contributed by atoms with Crippen LogP contribution in [-0.4, -0.2) is 54.1 Å². The molecular formula is C21H30ClN3O4. The highest BCUT2D eigenvalue weighted by Crippen LogP contribution is 2.15. The van der Waals surface area contributed by atoms with Crippen molar-refractivity contribution in [2.45, 2.75) is 58.1 Å². The highest BCUT2D eigenvalue weighted by Gasteiger charge is 2.24. The molecule has 160 valence electrons. The Balaban J connectivity index is 1.65. The number of nitrogens with zero attached hydrogens (tertiary/aromatic N) is 1. The summed E-state index contributed by atoms with van der Waals surface area (Å²) in [5.41, 5.74) is 0.442. The van der Waals surface area contributed by atoms with Gasteiger partial charge in [0, 0.05) is 30.6 Å². The molecule has 0 saturated carbocycles. The molecule has 8 heteroatoms. The number of carbonyl (C=O) groups excluding carboxylic acids is 3. The van der Waals surface area contributed by atoms with E-state index in [1.807, 2.05) is 29.2 Å². The lowest BCUT2D eigenvalue weighted by molar-refractivity contribution is -0.132. The first-order chi connectivity index (χ1) is 13.6. The van der Waals surface area contributed by atoms with Gasteiger partial charge in [-0.3, -0.25) is 9.59 Å². The highest BCUT2D eigenvalue weighted by molar-refractivity contribution is 6.30. The smallest absolute Gasteiger partial charge is 0.408 e. The number of likely N-dealkylation sites (tertiary alicyclic amines) is 1. The van der Waals surface area contributed by atoms with Gasteiger partial charge in [-0.25, -0.2) is 4.79 Å². The average Bonchev–Trinajstić information content (AvgIpc) is 2.64. The lowest BCUT2D eigenvalue weighted by Gasteiger charge is -2.32. The van der Waals surface area contributed by atoms with E-state index in [-0.39, 0.29) is 24.4 Å². The Labute approximate surface area is 177 Å². The van der Waals surface area contributed by atoms with Gasteiger partial charge in [0.2, 0.25) is 11.8 Å². The van der Waals surface area contributed by atoms with Gasteiger partial charge >= 0.3 is 6.09 Å². The van der Waals surface area contributed by atoms with Crippen molar-refractivity contribution in [2.24, 2.45) is 0 Å². The molecule has 1 aliphatic rings. The van der Waals surface area contributed by atoms with Crippen molar-refractivity contribution in [3.63, 3.8) is 0 Å². The molecule has 7 nitrogen and oxygen atoms in total. The van der Waals surface area contributed by atoms with Crippen molar-refractivity contribution >= 4 is 29.5 Å². The Morgan fingerprint density at radius 2 is 1.90 bits per heavy atom. The summed E-state index contributed by atoms with van der Waals surface area (Å²) in [4.78, 5) is 37.9. The second kappa shape index (κ2) is 10.5. The number of piperidine rings is 1. The number of nitrogens with one attached hydrogen (secondary N) is 2.